The summed E-state index contributed by atoms with van der Waals surface area (Å²) >= 11 is 0. The quantitative estimate of drug-likeness (QED) is 0.731. The number of amides is 1. The van der Waals surface area contributed by atoms with E-state index in [1.54, 1.807) is 10.9 Å². The van der Waals surface area contributed by atoms with Crippen LogP contribution in [0.25, 0.3) is 10.9 Å². The lowest BCUT2D eigenvalue weighted by Gasteiger charge is -2.24. The highest BCUT2D eigenvalue weighted by molar-refractivity contribution is 6.05. The minimum absolute atomic E-state index is 0.0562. The lowest BCUT2D eigenvalue weighted by Crippen LogP contribution is -2.30. The fraction of sp³-hybridized carbons (Fsp3) is 0.278. The molecule has 1 aromatic carbocycles. The third kappa shape index (κ3) is 2.38. The molecule has 1 fully saturated rings. The van der Waals surface area contributed by atoms with Crippen LogP contribution in [-0.2, 0) is 7.05 Å². The lowest BCUT2D eigenvalue weighted by molar-refractivity contribution is 0.0737. The molecule has 2 aromatic heterocycles. The van der Waals surface area contributed by atoms with Gasteiger partial charge in [-0.05, 0) is 25.0 Å². The number of hydrogen-bond donors (Lipinski definition) is 0. The van der Waals surface area contributed by atoms with Crippen LogP contribution in [-0.4, -0.2) is 32.1 Å². The first-order chi connectivity index (χ1) is 11.2. The van der Waals surface area contributed by atoms with Crippen molar-refractivity contribution < 1.29 is 4.79 Å². The first-order valence-corrected chi connectivity index (χ1v) is 7.87. The maximum absolute atomic E-state index is 13.1. The molecule has 23 heavy (non-hydrogen) atoms. The monoisotopic (exact) mass is 306 g/mol. The molecule has 0 aliphatic carbocycles. The standard InChI is InChI=1S/C18H18N4O/c1-21-12-14(11-20-21)16-8-4-10-22(16)18(23)15-7-2-5-13-6-3-9-19-17(13)15/h2-3,5-7,9,11-12,16H,4,8,10H2,1H3. The number of pyridine rings is 1. The largest absolute Gasteiger partial charge is 0.331 e. The van der Waals surface area contributed by atoms with E-state index in [1.165, 1.54) is 0 Å². The highest BCUT2D eigenvalue weighted by Gasteiger charge is 2.32. The van der Waals surface area contributed by atoms with Gasteiger partial charge in [0.05, 0.1) is 23.3 Å². The van der Waals surface area contributed by atoms with Gasteiger partial charge in [-0.2, -0.15) is 5.10 Å². The number of aryl methyl sites for hydroxylation is 1. The minimum Gasteiger partial charge on any atom is -0.331 e. The number of fused-ring (bicyclic) bond motifs is 1. The Labute approximate surface area is 134 Å². The Balaban J connectivity index is 1.72. The van der Waals surface area contributed by atoms with Crippen molar-refractivity contribution in [3.05, 3.63) is 60.0 Å². The van der Waals surface area contributed by atoms with Gasteiger partial charge < -0.3 is 4.90 Å². The van der Waals surface area contributed by atoms with E-state index in [9.17, 15) is 4.79 Å². The number of para-hydroxylation sites is 1. The predicted octanol–water partition coefficient (Wildman–Crippen LogP) is 2.95. The average Bonchev–Trinajstić information content (AvgIpc) is 3.22. The summed E-state index contributed by atoms with van der Waals surface area (Å²) in [5.41, 5.74) is 2.56. The number of nitrogens with zero attached hydrogens (tertiary/aromatic N) is 4. The van der Waals surface area contributed by atoms with Gasteiger partial charge in [0.25, 0.3) is 5.91 Å². The van der Waals surface area contributed by atoms with E-state index >= 15 is 0 Å². The van der Waals surface area contributed by atoms with Crippen LogP contribution in [0, 0.1) is 0 Å². The van der Waals surface area contributed by atoms with Crippen molar-refractivity contribution in [3.63, 3.8) is 0 Å². The Morgan fingerprint density at radius 1 is 1.26 bits per heavy atom. The van der Waals surface area contributed by atoms with Gasteiger partial charge in [-0.25, -0.2) is 0 Å². The van der Waals surface area contributed by atoms with Crippen LogP contribution in [0.2, 0.25) is 0 Å². The van der Waals surface area contributed by atoms with E-state index in [2.05, 4.69) is 10.1 Å². The van der Waals surface area contributed by atoms with Crippen molar-refractivity contribution in [2.24, 2.45) is 7.05 Å². The molecule has 5 nitrogen and oxygen atoms in total. The fourth-order valence-corrected chi connectivity index (χ4v) is 3.40. The average molecular weight is 306 g/mol. The molecule has 0 radical (unpaired) electrons. The first kappa shape index (κ1) is 13.9. The van der Waals surface area contributed by atoms with Crippen LogP contribution in [0.3, 0.4) is 0 Å². The Morgan fingerprint density at radius 2 is 2.13 bits per heavy atom. The Hall–Kier alpha value is -2.69. The summed E-state index contributed by atoms with van der Waals surface area (Å²) in [6.07, 6.45) is 7.59. The molecule has 1 aliphatic rings. The van der Waals surface area contributed by atoms with Crippen molar-refractivity contribution in [3.8, 4) is 0 Å². The van der Waals surface area contributed by atoms with Crippen molar-refractivity contribution in [2.75, 3.05) is 6.54 Å². The summed E-state index contributed by atoms with van der Waals surface area (Å²) < 4.78 is 1.79. The maximum Gasteiger partial charge on any atom is 0.256 e. The lowest BCUT2D eigenvalue weighted by atomic mass is 10.1. The van der Waals surface area contributed by atoms with Gasteiger partial charge in [-0.1, -0.05) is 18.2 Å². The van der Waals surface area contributed by atoms with Gasteiger partial charge in [0.1, 0.15) is 0 Å². The Morgan fingerprint density at radius 3 is 2.96 bits per heavy atom. The third-order valence-electron chi connectivity index (χ3n) is 4.49. The van der Waals surface area contributed by atoms with E-state index in [0.717, 1.165) is 35.9 Å². The summed E-state index contributed by atoms with van der Waals surface area (Å²) in [4.78, 5) is 19.5. The number of hydrogen-bond acceptors (Lipinski definition) is 3. The highest BCUT2D eigenvalue weighted by Crippen LogP contribution is 2.33. The summed E-state index contributed by atoms with van der Waals surface area (Å²) in [6, 6.07) is 9.77. The predicted molar refractivity (Wildman–Crippen MR) is 88.0 cm³/mol. The van der Waals surface area contributed by atoms with Gasteiger partial charge >= 0.3 is 0 Å². The van der Waals surface area contributed by atoms with Gasteiger partial charge in [0, 0.05) is 36.9 Å². The summed E-state index contributed by atoms with van der Waals surface area (Å²) in [5, 5.41) is 5.24. The zero-order valence-corrected chi connectivity index (χ0v) is 13.0. The van der Waals surface area contributed by atoms with Crippen molar-refractivity contribution in [1.29, 1.82) is 0 Å². The van der Waals surface area contributed by atoms with Gasteiger partial charge in [0.2, 0.25) is 0 Å². The van der Waals surface area contributed by atoms with Crippen LogP contribution in [0.1, 0.15) is 34.8 Å². The molecule has 0 saturated carbocycles. The number of rotatable bonds is 2. The minimum atomic E-state index is 0.0562. The molecule has 4 rings (SSSR count). The zero-order valence-electron chi connectivity index (χ0n) is 13.0. The van der Waals surface area contributed by atoms with Crippen LogP contribution in [0.4, 0.5) is 0 Å². The molecule has 0 N–H and O–H groups in total. The molecule has 3 aromatic rings. The highest BCUT2D eigenvalue weighted by atomic mass is 16.2. The summed E-state index contributed by atoms with van der Waals surface area (Å²) in [7, 11) is 1.90. The van der Waals surface area contributed by atoms with Crippen molar-refractivity contribution in [2.45, 2.75) is 18.9 Å². The van der Waals surface area contributed by atoms with Crippen molar-refractivity contribution >= 4 is 16.8 Å². The molecular weight excluding hydrogens is 288 g/mol. The second-order valence-corrected chi connectivity index (χ2v) is 5.98. The topological polar surface area (TPSA) is 51.0 Å². The van der Waals surface area contributed by atoms with E-state index in [-0.39, 0.29) is 11.9 Å². The molecule has 1 atom stereocenters. The van der Waals surface area contributed by atoms with Crippen LogP contribution < -0.4 is 0 Å². The smallest absolute Gasteiger partial charge is 0.256 e. The number of carbonyl (C=O) groups is 1. The molecule has 5 heteroatoms. The normalized spacial score (nSPS) is 17.8. The molecule has 116 valence electrons. The van der Waals surface area contributed by atoms with Gasteiger partial charge in [-0.15, -0.1) is 0 Å². The molecule has 0 spiro atoms. The Bertz CT molecular complexity index is 865. The molecule has 1 aliphatic heterocycles. The SMILES string of the molecule is Cn1cc(C2CCCN2C(=O)c2cccc3cccnc23)cn1. The van der Waals surface area contributed by atoms with Gasteiger partial charge in [-0.3, -0.25) is 14.5 Å². The molecule has 0 bridgehead atoms. The van der Waals surface area contributed by atoms with Crippen LogP contribution in [0.5, 0.6) is 0 Å². The first-order valence-electron chi connectivity index (χ1n) is 7.87. The van der Waals surface area contributed by atoms with E-state index in [0.29, 0.717) is 5.56 Å². The Kier molecular flexibility index (Phi) is 3.33. The maximum atomic E-state index is 13.1. The number of likely N-dealkylation sites (tertiary alicyclic amines) is 1. The number of aromatic nitrogens is 3. The van der Waals surface area contributed by atoms with Crippen molar-refractivity contribution in [1.82, 2.24) is 19.7 Å². The van der Waals surface area contributed by atoms with E-state index in [4.69, 9.17) is 0 Å². The van der Waals surface area contributed by atoms with E-state index in [1.807, 2.05) is 54.7 Å². The summed E-state index contributed by atoms with van der Waals surface area (Å²) in [5.74, 6) is 0.0562. The van der Waals surface area contributed by atoms with Gasteiger partial charge in [0.15, 0.2) is 0 Å². The summed E-state index contributed by atoms with van der Waals surface area (Å²) in [6.45, 7) is 0.779. The number of benzene rings is 1. The molecule has 1 saturated heterocycles. The van der Waals surface area contributed by atoms with Crippen LogP contribution >= 0.6 is 0 Å². The molecular formula is C18H18N4O. The molecule has 1 amide bonds. The van der Waals surface area contributed by atoms with E-state index < -0.39 is 0 Å². The zero-order chi connectivity index (χ0) is 15.8. The number of carbonyl (C=O) groups excluding carboxylic acids is 1. The second kappa shape index (κ2) is 5.50. The molecule has 1 unspecified atom stereocenters. The van der Waals surface area contributed by atoms with Crippen LogP contribution in [0.15, 0.2) is 48.9 Å². The fourth-order valence-electron chi connectivity index (χ4n) is 3.40. The second-order valence-electron chi connectivity index (χ2n) is 5.98. The third-order valence-corrected chi connectivity index (χ3v) is 4.49. The molecule has 3 heterocycles.